The Morgan fingerprint density at radius 1 is 1.32 bits per heavy atom. The van der Waals surface area contributed by atoms with E-state index in [1.165, 1.54) is 4.90 Å². The third kappa shape index (κ3) is 3.53. The van der Waals surface area contributed by atoms with Gasteiger partial charge in [-0.05, 0) is 25.7 Å². The van der Waals surface area contributed by atoms with Crippen LogP contribution in [0.3, 0.4) is 0 Å². The van der Waals surface area contributed by atoms with Crippen molar-refractivity contribution in [1.82, 2.24) is 9.80 Å². The van der Waals surface area contributed by atoms with Crippen LogP contribution in [0.15, 0.2) is 12.7 Å². The van der Waals surface area contributed by atoms with Crippen molar-refractivity contribution in [3.8, 4) is 0 Å². The fraction of sp³-hybridized carbons (Fsp3) is 0.773. The van der Waals surface area contributed by atoms with E-state index in [9.17, 15) is 24.6 Å². The molecule has 31 heavy (non-hydrogen) atoms. The number of carboxylic acid groups (broad SMARTS) is 1. The van der Waals surface area contributed by atoms with Crippen LogP contribution < -0.4 is 0 Å². The topological polar surface area (TPSA) is 107 Å². The second kappa shape index (κ2) is 8.83. The van der Waals surface area contributed by atoms with Crippen molar-refractivity contribution in [1.29, 1.82) is 0 Å². The predicted molar refractivity (Wildman–Crippen MR) is 116 cm³/mol. The van der Waals surface area contributed by atoms with Gasteiger partial charge in [-0.1, -0.05) is 41.3 Å². The maximum atomic E-state index is 14.0. The van der Waals surface area contributed by atoms with Crippen LogP contribution in [0.4, 0.5) is 0 Å². The van der Waals surface area contributed by atoms with Crippen molar-refractivity contribution in [3.63, 3.8) is 0 Å². The Hall–Kier alpha value is -1.45. The SMILES string of the molecule is C=CCN(C(=O)C1N(CCCO)C(=O)[C@@H]2[C@H](C(=O)O)[C@H]3OC12CC3Br)C1CCCCC1. The van der Waals surface area contributed by atoms with Crippen LogP contribution in [0.25, 0.3) is 0 Å². The zero-order valence-electron chi connectivity index (χ0n) is 17.6. The number of halogens is 1. The van der Waals surface area contributed by atoms with Crippen LogP contribution >= 0.6 is 15.9 Å². The summed E-state index contributed by atoms with van der Waals surface area (Å²) >= 11 is 3.55. The summed E-state index contributed by atoms with van der Waals surface area (Å²) in [6.45, 7) is 4.29. The number of aliphatic carboxylic acids is 1. The van der Waals surface area contributed by atoms with Gasteiger partial charge in [-0.25, -0.2) is 0 Å². The zero-order chi connectivity index (χ0) is 22.3. The van der Waals surface area contributed by atoms with E-state index in [1.807, 2.05) is 4.90 Å². The van der Waals surface area contributed by atoms with Crippen LogP contribution in [0.1, 0.15) is 44.9 Å². The average molecular weight is 499 g/mol. The number of alkyl halides is 1. The highest BCUT2D eigenvalue weighted by molar-refractivity contribution is 9.09. The van der Waals surface area contributed by atoms with Gasteiger partial charge in [0.1, 0.15) is 11.6 Å². The van der Waals surface area contributed by atoms with E-state index < -0.39 is 35.6 Å². The van der Waals surface area contributed by atoms with Gasteiger partial charge in [-0.2, -0.15) is 0 Å². The zero-order valence-corrected chi connectivity index (χ0v) is 19.2. The average Bonchev–Trinajstić information content (AvgIpc) is 3.34. The number of nitrogens with zero attached hydrogens (tertiary/aromatic N) is 2. The van der Waals surface area contributed by atoms with E-state index in [-0.39, 0.29) is 35.8 Å². The number of aliphatic hydroxyl groups is 1. The van der Waals surface area contributed by atoms with E-state index >= 15 is 0 Å². The van der Waals surface area contributed by atoms with Gasteiger partial charge in [-0.15, -0.1) is 6.58 Å². The Morgan fingerprint density at radius 2 is 2.03 bits per heavy atom. The van der Waals surface area contributed by atoms with Crippen molar-refractivity contribution in [2.45, 2.75) is 73.6 Å². The molecule has 172 valence electrons. The standard InChI is InChI=1S/C22H31BrN2O6/c1-2-9-24(13-7-4-3-5-8-13)20(28)18-22-12-14(23)17(31-22)15(21(29)30)16(22)19(27)25(18)10-6-11-26/h2,13-18,26H,1,3-12H2,(H,29,30)/t14?,15-,16-,17-,18?,22?/m0/s1. The molecule has 0 aromatic carbocycles. The van der Waals surface area contributed by atoms with Gasteiger partial charge in [-0.3, -0.25) is 14.4 Å². The summed E-state index contributed by atoms with van der Waals surface area (Å²) in [5, 5.41) is 19.2. The Balaban J connectivity index is 1.73. The Labute approximate surface area is 190 Å². The van der Waals surface area contributed by atoms with Gasteiger partial charge in [0.25, 0.3) is 0 Å². The molecule has 3 aliphatic heterocycles. The lowest BCUT2D eigenvalue weighted by molar-refractivity contribution is -0.151. The molecule has 4 rings (SSSR count). The van der Waals surface area contributed by atoms with Gasteiger partial charge >= 0.3 is 5.97 Å². The number of carbonyl (C=O) groups excluding carboxylic acids is 2. The Kier molecular flexibility index (Phi) is 6.47. The molecule has 3 heterocycles. The van der Waals surface area contributed by atoms with Gasteiger partial charge in [0, 0.05) is 30.6 Å². The van der Waals surface area contributed by atoms with Crippen molar-refractivity contribution < 1.29 is 29.3 Å². The van der Waals surface area contributed by atoms with Gasteiger partial charge < -0.3 is 24.7 Å². The molecule has 9 heteroatoms. The molecule has 0 aromatic rings. The molecular formula is C22H31BrN2O6. The number of ether oxygens (including phenoxy) is 1. The maximum Gasteiger partial charge on any atom is 0.310 e. The first-order valence-corrected chi connectivity index (χ1v) is 12.2. The second-order valence-corrected chi connectivity index (χ2v) is 10.4. The van der Waals surface area contributed by atoms with Crippen LogP contribution in [-0.2, 0) is 19.1 Å². The largest absolute Gasteiger partial charge is 0.481 e. The summed E-state index contributed by atoms with van der Waals surface area (Å²) in [5.74, 6) is -3.47. The minimum atomic E-state index is -1.15. The number of likely N-dealkylation sites (tertiary alicyclic amines) is 1. The summed E-state index contributed by atoms with van der Waals surface area (Å²) in [4.78, 5) is 42.7. The number of aliphatic hydroxyl groups excluding tert-OH is 1. The lowest BCUT2D eigenvalue weighted by atomic mass is 9.70. The fourth-order valence-corrected chi connectivity index (χ4v) is 7.22. The summed E-state index contributed by atoms with van der Waals surface area (Å²) in [6.07, 6.45) is 6.89. The minimum absolute atomic E-state index is 0.0816. The van der Waals surface area contributed by atoms with Gasteiger partial charge in [0.05, 0.1) is 17.9 Å². The highest BCUT2D eigenvalue weighted by atomic mass is 79.9. The predicted octanol–water partition coefficient (Wildman–Crippen LogP) is 1.55. The molecule has 2 bridgehead atoms. The first-order chi connectivity index (χ1) is 14.9. The molecule has 1 saturated carbocycles. The lowest BCUT2D eigenvalue weighted by Crippen LogP contribution is -2.58. The molecule has 2 amide bonds. The van der Waals surface area contributed by atoms with Gasteiger partial charge in [0.15, 0.2) is 0 Å². The van der Waals surface area contributed by atoms with Crippen LogP contribution in [0.5, 0.6) is 0 Å². The third-order valence-corrected chi connectivity index (χ3v) is 8.33. The molecule has 3 unspecified atom stereocenters. The molecule has 0 radical (unpaired) electrons. The molecule has 4 aliphatic rings. The van der Waals surface area contributed by atoms with Crippen LogP contribution in [0, 0.1) is 11.8 Å². The molecule has 0 aromatic heterocycles. The lowest BCUT2D eigenvalue weighted by Gasteiger charge is -2.40. The quantitative estimate of drug-likeness (QED) is 0.388. The van der Waals surface area contributed by atoms with E-state index in [2.05, 4.69) is 22.5 Å². The summed E-state index contributed by atoms with van der Waals surface area (Å²) in [7, 11) is 0. The van der Waals surface area contributed by atoms with E-state index in [1.54, 1.807) is 6.08 Å². The number of rotatable bonds is 8. The normalized spacial score (nSPS) is 37.2. The molecule has 4 fully saturated rings. The number of hydrogen-bond donors (Lipinski definition) is 2. The highest BCUT2D eigenvalue weighted by Crippen LogP contribution is 2.60. The summed E-state index contributed by atoms with van der Waals surface area (Å²) in [5.41, 5.74) is -1.15. The first kappa shape index (κ1) is 22.7. The smallest absolute Gasteiger partial charge is 0.310 e. The summed E-state index contributed by atoms with van der Waals surface area (Å²) in [6, 6.07) is -0.800. The second-order valence-electron chi connectivity index (χ2n) is 9.18. The fourth-order valence-electron chi connectivity index (χ4n) is 6.28. The van der Waals surface area contributed by atoms with E-state index in [4.69, 9.17) is 4.74 Å². The highest BCUT2D eigenvalue weighted by Gasteiger charge is 2.76. The van der Waals surface area contributed by atoms with Crippen LogP contribution in [0.2, 0.25) is 0 Å². The van der Waals surface area contributed by atoms with Gasteiger partial charge in [0.2, 0.25) is 11.8 Å². The van der Waals surface area contributed by atoms with Crippen LogP contribution in [-0.4, -0.2) is 86.1 Å². The molecule has 1 aliphatic carbocycles. The molecule has 8 nitrogen and oxygen atoms in total. The van der Waals surface area contributed by atoms with E-state index in [0.717, 1.165) is 32.1 Å². The maximum absolute atomic E-state index is 14.0. The molecule has 2 N–H and O–H groups in total. The molecule has 3 saturated heterocycles. The monoisotopic (exact) mass is 498 g/mol. The number of carboxylic acids is 1. The third-order valence-electron chi connectivity index (χ3n) is 7.49. The first-order valence-electron chi connectivity index (χ1n) is 11.2. The molecule has 6 atom stereocenters. The van der Waals surface area contributed by atoms with E-state index in [0.29, 0.717) is 19.4 Å². The Morgan fingerprint density at radius 3 is 2.65 bits per heavy atom. The molecule has 1 spiro atoms. The van der Waals surface area contributed by atoms with Crippen molar-refractivity contribution in [3.05, 3.63) is 12.7 Å². The number of fused-ring (bicyclic) bond motifs is 1. The molecular weight excluding hydrogens is 468 g/mol. The summed E-state index contributed by atoms with van der Waals surface area (Å²) < 4.78 is 6.27. The minimum Gasteiger partial charge on any atom is -0.481 e. The van der Waals surface area contributed by atoms with Crippen molar-refractivity contribution in [2.24, 2.45) is 11.8 Å². The number of hydrogen-bond acceptors (Lipinski definition) is 5. The van der Waals surface area contributed by atoms with Crippen molar-refractivity contribution in [2.75, 3.05) is 19.7 Å². The number of amides is 2. The van der Waals surface area contributed by atoms with Crippen molar-refractivity contribution >= 4 is 33.7 Å². The Bertz CT molecular complexity index is 756. The number of carbonyl (C=O) groups is 3.